The summed E-state index contributed by atoms with van der Waals surface area (Å²) in [5.41, 5.74) is 2.88. The van der Waals surface area contributed by atoms with Crippen molar-refractivity contribution in [1.29, 1.82) is 0 Å². The Balaban J connectivity index is 1.86. The van der Waals surface area contributed by atoms with E-state index in [1.807, 2.05) is 55.5 Å². The third-order valence-electron chi connectivity index (χ3n) is 6.04. The van der Waals surface area contributed by atoms with Gasteiger partial charge in [0.05, 0.1) is 32.9 Å². The number of likely N-dealkylation sites (tertiary alicyclic amines) is 1. The number of aliphatic hydroxyl groups is 1. The second-order valence-electron chi connectivity index (χ2n) is 8.26. The van der Waals surface area contributed by atoms with Gasteiger partial charge in [0.15, 0.2) is 11.5 Å². The van der Waals surface area contributed by atoms with Crippen molar-refractivity contribution in [1.82, 2.24) is 4.90 Å². The maximum Gasteiger partial charge on any atom is 0.295 e. The first-order chi connectivity index (χ1) is 16.9. The Hall–Kier alpha value is -4.26. The molecule has 1 aliphatic rings. The largest absolute Gasteiger partial charge is 0.507 e. The molecule has 180 valence electrons. The number of carbonyl (C=O) groups is 2. The molecular weight excluding hydrogens is 446 g/mol. The predicted octanol–water partition coefficient (Wildman–Crippen LogP) is 4.64. The Morgan fingerprint density at radius 1 is 0.886 bits per heavy atom. The van der Waals surface area contributed by atoms with Gasteiger partial charge in [0.25, 0.3) is 11.7 Å². The van der Waals surface area contributed by atoms with Gasteiger partial charge in [-0.3, -0.25) is 9.59 Å². The van der Waals surface area contributed by atoms with Gasteiger partial charge in [0.2, 0.25) is 0 Å². The van der Waals surface area contributed by atoms with Gasteiger partial charge in [0.1, 0.15) is 11.5 Å². The Morgan fingerprint density at radius 3 is 2.31 bits per heavy atom. The SMILES string of the molecule is COc1cccc(CN2C(=O)C(=O)/C(=C(\O)c3ccc(OC)c(OC)c3)C2c2cccc(C)c2)c1. The van der Waals surface area contributed by atoms with Gasteiger partial charge in [-0.25, -0.2) is 0 Å². The molecule has 0 aromatic heterocycles. The van der Waals surface area contributed by atoms with Gasteiger partial charge in [-0.15, -0.1) is 0 Å². The van der Waals surface area contributed by atoms with Gasteiger partial charge < -0.3 is 24.2 Å². The molecule has 4 rings (SSSR count). The number of rotatable bonds is 7. The second kappa shape index (κ2) is 9.93. The molecule has 1 saturated heterocycles. The summed E-state index contributed by atoms with van der Waals surface area (Å²) < 4.78 is 15.9. The third-order valence-corrected chi connectivity index (χ3v) is 6.04. The maximum absolute atomic E-state index is 13.3. The van der Waals surface area contributed by atoms with Crippen molar-refractivity contribution in [2.24, 2.45) is 0 Å². The predicted molar refractivity (Wildman–Crippen MR) is 132 cm³/mol. The molecule has 1 heterocycles. The first-order valence-electron chi connectivity index (χ1n) is 11.1. The summed E-state index contributed by atoms with van der Waals surface area (Å²) in [4.78, 5) is 28.0. The van der Waals surface area contributed by atoms with Crippen LogP contribution in [0.4, 0.5) is 0 Å². The molecule has 7 nitrogen and oxygen atoms in total. The van der Waals surface area contributed by atoms with Crippen molar-refractivity contribution >= 4 is 17.4 Å². The second-order valence-corrected chi connectivity index (χ2v) is 8.26. The lowest BCUT2D eigenvalue weighted by molar-refractivity contribution is -0.140. The van der Waals surface area contributed by atoms with Crippen molar-refractivity contribution in [3.8, 4) is 17.2 Å². The molecule has 1 N–H and O–H groups in total. The van der Waals surface area contributed by atoms with Crippen molar-refractivity contribution in [2.75, 3.05) is 21.3 Å². The van der Waals surface area contributed by atoms with Crippen molar-refractivity contribution < 1.29 is 28.9 Å². The highest BCUT2D eigenvalue weighted by Crippen LogP contribution is 2.41. The highest BCUT2D eigenvalue weighted by atomic mass is 16.5. The number of ether oxygens (including phenoxy) is 3. The van der Waals surface area contributed by atoms with Crippen LogP contribution in [-0.4, -0.2) is 43.0 Å². The highest BCUT2D eigenvalue weighted by Gasteiger charge is 2.46. The zero-order chi connectivity index (χ0) is 25.1. The summed E-state index contributed by atoms with van der Waals surface area (Å²) in [5.74, 6) is -0.166. The van der Waals surface area contributed by atoms with E-state index in [9.17, 15) is 14.7 Å². The number of Topliss-reactive ketones (excluding diaryl/α,β-unsaturated/α-hetero) is 1. The monoisotopic (exact) mass is 473 g/mol. The summed E-state index contributed by atoms with van der Waals surface area (Å²) in [6.45, 7) is 2.11. The lowest BCUT2D eigenvalue weighted by Gasteiger charge is -2.26. The molecule has 1 fully saturated rings. The number of carbonyl (C=O) groups excluding carboxylic acids is 2. The Kier molecular flexibility index (Phi) is 6.78. The zero-order valence-electron chi connectivity index (χ0n) is 20.1. The molecule has 1 aliphatic heterocycles. The molecule has 1 amide bonds. The zero-order valence-corrected chi connectivity index (χ0v) is 20.1. The van der Waals surface area contributed by atoms with Crippen LogP contribution in [0.2, 0.25) is 0 Å². The highest BCUT2D eigenvalue weighted by molar-refractivity contribution is 6.46. The molecule has 0 bridgehead atoms. The topological polar surface area (TPSA) is 85.3 Å². The molecule has 35 heavy (non-hydrogen) atoms. The van der Waals surface area contributed by atoms with Gasteiger partial charge >= 0.3 is 0 Å². The lowest BCUT2D eigenvalue weighted by atomic mass is 9.94. The van der Waals surface area contributed by atoms with Crippen LogP contribution in [0.3, 0.4) is 0 Å². The minimum Gasteiger partial charge on any atom is -0.507 e. The van der Waals surface area contributed by atoms with E-state index < -0.39 is 17.7 Å². The van der Waals surface area contributed by atoms with E-state index in [4.69, 9.17) is 14.2 Å². The molecule has 0 aliphatic carbocycles. The van der Waals surface area contributed by atoms with Crippen LogP contribution in [0, 0.1) is 6.92 Å². The molecule has 1 atom stereocenters. The Morgan fingerprint density at radius 2 is 1.63 bits per heavy atom. The van der Waals surface area contributed by atoms with Gasteiger partial charge in [-0.2, -0.15) is 0 Å². The number of aryl methyl sites for hydroxylation is 1. The fourth-order valence-corrected chi connectivity index (χ4v) is 4.34. The van der Waals surface area contributed by atoms with Crippen molar-refractivity contribution in [3.63, 3.8) is 0 Å². The van der Waals surface area contributed by atoms with E-state index in [2.05, 4.69) is 0 Å². The Labute approximate surface area is 204 Å². The molecule has 0 radical (unpaired) electrons. The van der Waals surface area contributed by atoms with Gasteiger partial charge in [-0.05, 0) is 48.4 Å². The number of amides is 1. The molecule has 1 unspecified atom stereocenters. The summed E-state index contributed by atoms with van der Waals surface area (Å²) in [6.07, 6.45) is 0. The summed E-state index contributed by atoms with van der Waals surface area (Å²) in [6, 6.07) is 19.0. The number of ketones is 1. The van der Waals surface area contributed by atoms with Crippen LogP contribution < -0.4 is 14.2 Å². The van der Waals surface area contributed by atoms with Crippen LogP contribution in [0.5, 0.6) is 17.2 Å². The first-order valence-corrected chi connectivity index (χ1v) is 11.1. The van der Waals surface area contributed by atoms with E-state index in [1.54, 1.807) is 25.3 Å². The van der Waals surface area contributed by atoms with Gasteiger partial charge in [-0.1, -0.05) is 42.0 Å². The summed E-state index contributed by atoms with van der Waals surface area (Å²) >= 11 is 0. The van der Waals surface area contributed by atoms with Crippen LogP contribution in [0.1, 0.15) is 28.3 Å². The van der Waals surface area contributed by atoms with Crippen LogP contribution in [0.25, 0.3) is 5.76 Å². The first kappa shape index (κ1) is 23.9. The third kappa shape index (κ3) is 4.57. The minimum atomic E-state index is -0.769. The maximum atomic E-state index is 13.3. The lowest BCUT2D eigenvalue weighted by Crippen LogP contribution is -2.29. The smallest absolute Gasteiger partial charge is 0.295 e. The standard InChI is InChI=1S/C28H27NO6/c1-17-7-5-9-19(13-17)25-24(26(30)20-11-12-22(34-3)23(15-20)35-4)27(31)28(32)29(25)16-18-8-6-10-21(14-18)33-2/h5-15,25,30H,16H2,1-4H3/b26-24-. The van der Waals surface area contributed by atoms with Gasteiger partial charge in [0, 0.05) is 12.1 Å². The number of methoxy groups -OCH3 is 3. The quantitative estimate of drug-likeness (QED) is 0.306. The average molecular weight is 474 g/mol. The normalized spacial score (nSPS) is 16.9. The molecule has 7 heteroatoms. The fourth-order valence-electron chi connectivity index (χ4n) is 4.34. The number of hydrogen-bond acceptors (Lipinski definition) is 6. The summed E-state index contributed by atoms with van der Waals surface area (Å²) in [7, 11) is 4.57. The molecule has 3 aromatic carbocycles. The van der Waals surface area contributed by atoms with E-state index in [1.165, 1.54) is 19.1 Å². The molecule has 0 saturated carbocycles. The Bertz CT molecular complexity index is 1310. The van der Waals surface area contributed by atoms with E-state index in [-0.39, 0.29) is 17.9 Å². The number of nitrogens with zero attached hydrogens (tertiary/aromatic N) is 1. The fraction of sp³-hybridized carbons (Fsp3) is 0.214. The summed E-state index contributed by atoms with van der Waals surface area (Å²) in [5, 5.41) is 11.3. The average Bonchev–Trinajstić information content (AvgIpc) is 3.12. The number of benzene rings is 3. The van der Waals surface area contributed by atoms with E-state index in [0.717, 1.165) is 16.7 Å². The van der Waals surface area contributed by atoms with Crippen molar-refractivity contribution in [3.05, 3.63) is 94.6 Å². The molecular formula is C28H27NO6. The minimum absolute atomic E-state index is 0.0238. The van der Waals surface area contributed by atoms with Crippen LogP contribution >= 0.6 is 0 Å². The van der Waals surface area contributed by atoms with E-state index in [0.29, 0.717) is 22.8 Å². The number of hydrogen-bond donors (Lipinski definition) is 1. The molecule has 3 aromatic rings. The van der Waals surface area contributed by atoms with Crippen LogP contribution in [0.15, 0.2) is 72.3 Å². The van der Waals surface area contributed by atoms with E-state index >= 15 is 0 Å². The molecule has 0 spiro atoms. The number of aliphatic hydroxyl groups excluding tert-OH is 1. The van der Waals surface area contributed by atoms with Crippen LogP contribution in [-0.2, 0) is 16.1 Å². The van der Waals surface area contributed by atoms with Crippen molar-refractivity contribution in [2.45, 2.75) is 19.5 Å².